The van der Waals surface area contributed by atoms with Gasteiger partial charge >= 0.3 is 5.97 Å². The van der Waals surface area contributed by atoms with Crippen LogP contribution >= 0.6 is 0 Å². The number of hydrogen-bond acceptors (Lipinski definition) is 5. The summed E-state index contributed by atoms with van der Waals surface area (Å²) in [5.74, 6) is -0.539. The highest BCUT2D eigenvalue weighted by Crippen LogP contribution is 2.16. The summed E-state index contributed by atoms with van der Waals surface area (Å²) in [5, 5.41) is 28.3. The summed E-state index contributed by atoms with van der Waals surface area (Å²) in [6.07, 6.45) is -2.16. The summed E-state index contributed by atoms with van der Waals surface area (Å²) in [5.41, 5.74) is 0. The highest BCUT2D eigenvalue weighted by Gasteiger charge is 2.25. The Labute approximate surface area is 88.7 Å². The summed E-state index contributed by atoms with van der Waals surface area (Å²) < 4.78 is 4.95. The number of carbonyl (C=O) groups is 1. The Balaban J connectivity index is 2.59. The number of hydrogen-bond donors (Lipinski definition) is 3. The Kier molecular flexibility index (Phi) is 4.50. The van der Waals surface area contributed by atoms with E-state index in [4.69, 9.17) is 4.74 Å². The van der Waals surface area contributed by atoms with Gasteiger partial charge < -0.3 is 20.1 Å². The summed E-state index contributed by atoms with van der Waals surface area (Å²) >= 11 is 0. The third kappa shape index (κ3) is 4.15. The van der Waals surface area contributed by atoms with Crippen molar-refractivity contribution in [3.05, 3.63) is 0 Å². The van der Waals surface area contributed by atoms with Crippen LogP contribution in [0.25, 0.3) is 0 Å². The van der Waals surface area contributed by atoms with E-state index in [1.54, 1.807) is 6.92 Å². The lowest BCUT2D eigenvalue weighted by molar-refractivity contribution is -0.154. The van der Waals surface area contributed by atoms with Crippen molar-refractivity contribution in [3.8, 4) is 0 Å². The van der Waals surface area contributed by atoms with E-state index in [1.807, 2.05) is 0 Å². The molecular formula is C10H18O5. The zero-order valence-electron chi connectivity index (χ0n) is 8.80. The summed E-state index contributed by atoms with van der Waals surface area (Å²) in [4.78, 5) is 11.2. The molecule has 0 saturated carbocycles. The number of cyclic esters (lactones) is 1. The van der Waals surface area contributed by atoms with Gasteiger partial charge in [-0.05, 0) is 19.8 Å². The van der Waals surface area contributed by atoms with Crippen molar-refractivity contribution in [1.82, 2.24) is 0 Å². The summed E-state index contributed by atoms with van der Waals surface area (Å²) in [6, 6.07) is 0. The van der Waals surface area contributed by atoms with Crippen molar-refractivity contribution in [2.24, 2.45) is 0 Å². The lowest BCUT2D eigenvalue weighted by atomic mass is 10.00. The van der Waals surface area contributed by atoms with Crippen LogP contribution < -0.4 is 0 Å². The van der Waals surface area contributed by atoms with Gasteiger partial charge in [-0.3, -0.25) is 4.79 Å². The van der Waals surface area contributed by atoms with Crippen LogP contribution in [0.4, 0.5) is 0 Å². The highest BCUT2D eigenvalue weighted by molar-refractivity contribution is 5.70. The van der Waals surface area contributed by atoms with Gasteiger partial charge in [-0.1, -0.05) is 0 Å². The molecule has 0 spiro atoms. The number of rotatable bonds is 0. The van der Waals surface area contributed by atoms with E-state index in [1.165, 1.54) is 0 Å². The zero-order valence-corrected chi connectivity index (χ0v) is 8.80. The molecule has 0 bridgehead atoms. The highest BCUT2D eigenvalue weighted by atomic mass is 16.5. The fraction of sp³-hybridized carbons (Fsp3) is 0.900. The van der Waals surface area contributed by atoms with Gasteiger partial charge in [0.15, 0.2) is 0 Å². The Bertz CT molecular complexity index is 218. The zero-order chi connectivity index (χ0) is 11.4. The third-order valence-electron chi connectivity index (χ3n) is 2.55. The van der Waals surface area contributed by atoms with Crippen LogP contribution in [0.3, 0.4) is 0 Å². The van der Waals surface area contributed by atoms with E-state index >= 15 is 0 Å². The molecule has 0 radical (unpaired) electrons. The predicted molar refractivity (Wildman–Crippen MR) is 52.0 cm³/mol. The number of esters is 1. The van der Waals surface area contributed by atoms with Crippen LogP contribution in [0.15, 0.2) is 0 Å². The van der Waals surface area contributed by atoms with E-state index in [2.05, 4.69) is 0 Å². The maximum Gasteiger partial charge on any atom is 0.308 e. The lowest BCUT2D eigenvalue weighted by Gasteiger charge is -2.23. The van der Waals surface area contributed by atoms with E-state index in [-0.39, 0.29) is 12.5 Å². The molecule has 4 unspecified atom stereocenters. The average Bonchev–Trinajstić information content (AvgIpc) is 2.12. The monoisotopic (exact) mass is 218 g/mol. The first-order valence-corrected chi connectivity index (χ1v) is 5.22. The maximum absolute atomic E-state index is 11.2. The van der Waals surface area contributed by atoms with Crippen LogP contribution in [0.1, 0.15) is 32.6 Å². The second-order valence-electron chi connectivity index (χ2n) is 4.11. The Morgan fingerprint density at radius 1 is 1.20 bits per heavy atom. The van der Waals surface area contributed by atoms with Crippen LogP contribution in [0, 0.1) is 0 Å². The number of carbonyl (C=O) groups excluding carboxylic acids is 1. The van der Waals surface area contributed by atoms with Gasteiger partial charge in [0, 0.05) is 6.42 Å². The normalized spacial score (nSPS) is 39.6. The quantitative estimate of drug-likeness (QED) is 0.480. The van der Waals surface area contributed by atoms with Gasteiger partial charge in [0.2, 0.25) is 0 Å². The molecule has 88 valence electrons. The molecule has 15 heavy (non-hydrogen) atoms. The van der Waals surface area contributed by atoms with Crippen molar-refractivity contribution in [2.45, 2.75) is 57.0 Å². The molecule has 5 heteroatoms. The SMILES string of the molecule is CC1CC(O)CCC(O)C(O)CC(=O)O1. The van der Waals surface area contributed by atoms with E-state index < -0.39 is 24.3 Å². The fourth-order valence-corrected chi connectivity index (χ4v) is 1.68. The molecule has 4 atom stereocenters. The van der Waals surface area contributed by atoms with Crippen LogP contribution in [-0.4, -0.2) is 45.7 Å². The third-order valence-corrected chi connectivity index (χ3v) is 2.55. The van der Waals surface area contributed by atoms with Crippen molar-refractivity contribution in [2.75, 3.05) is 0 Å². The first-order valence-electron chi connectivity index (χ1n) is 5.22. The van der Waals surface area contributed by atoms with Gasteiger partial charge in [-0.2, -0.15) is 0 Å². The van der Waals surface area contributed by atoms with Crippen LogP contribution in [0.2, 0.25) is 0 Å². The first-order chi connectivity index (χ1) is 6.99. The molecule has 5 nitrogen and oxygen atoms in total. The molecule has 1 aliphatic heterocycles. The van der Waals surface area contributed by atoms with Crippen molar-refractivity contribution < 1.29 is 24.9 Å². The van der Waals surface area contributed by atoms with Gasteiger partial charge in [-0.15, -0.1) is 0 Å². The minimum atomic E-state index is -1.10. The van der Waals surface area contributed by atoms with Gasteiger partial charge in [0.25, 0.3) is 0 Å². The molecule has 0 aromatic carbocycles. The molecule has 3 N–H and O–H groups in total. The molecule has 0 aromatic rings. The largest absolute Gasteiger partial charge is 0.462 e. The fourth-order valence-electron chi connectivity index (χ4n) is 1.68. The van der Waals surface area contributed by atoms with Crippen molar-refractivity contribution in [3.63, 3.8) is 0 Å². The van der Waals surface area contributed by atoms with Crippen molar-refractivity contribution in [1.29, 1.82) is 0 Å². The van der Waals surface area contributed by atoms with Crippen LogP contribution in [0.5, 0.6) is 0 Å². The van der Waals surface area contributed by atoms with E-state index in [0.717, 1.165) is 0 Å². The second-order valence-corrected chi connectivity index (χ2v) is 4.11. The number of aliphatic hydroxyl groups excluding tert-OH is 3. The standard InChI is InChI=1S/C10H18O5/c1-6-4-7(11)2-3-8(12)9(13)5-10(14)15-6/h6-9,11-13H,2-5H2,1H3. The van der Waals surface area contributed by atoms with Crippen molar-refractivity contribution >= 4 is 5.97 Å². The minimum Gasteiger partial charge on any atom is -0.462 e. The van der Waals surface area contributed by atoms with Gasteiger partial charge in [0.05, 0.1) is 24.7 Å². The molecule has 0 aromatic heterocycles. The lowest BCUT2D eigenvalue weighted by Crippen LogP contribution is -2.33. The van der Waals surface area contributed by atoms with Gasteiger partial charge in [0.1, 0.15) is 6.10 Å². The second kappa shape index (κ2) is 5.44. The Morgan fingerprint density at radius 2 is 1.87 bits per heavy atom. The topological polar surface area (TPSA) is 87.0 Å². The smallest absolute Gasteiger partial charge is 0.308 e. The minimum absolute atomic E-state index is 0.193. The molecule has 1 fully saturated rings. The Hall–Kier alpha value is -0.650. The number of aliphatic hydroxyl groups is 3. The summed E-state index contributed by atoms with van der Waals surface area (Å²) in [6.45, 7) is 1.70. The molecule has 0 amide bonds. The average molecular weight is 218 g/mol. The maximum atomic E-state index is 11.2. The summed E-state index contributed by atoms with van der Waals surface area (Å²) in [7, 11) is 0. The molecule has 1 heterocycles. The molecular weight excluding hydrogens is 200 g/mol. The first kappa shape index (κ1) is 12.4. The van der Waals surface area contributed by atoms with Gasteiger partial charge in [-0.25, -0.2) is 0 Å². The molecule has 0 aliphatic carbocycles. The molecule has 1 aliphatic rings. The van der Waals surface area contributed by atoms with E-state index in [9.17, 15) is 20.1 Å². The number of ether oxygens (including phenoxy) is 1. The van der Waals surface area contributed by atoms with Crippen LogP contribution in [-0.2, 0) is 9.53 Å². The Morgan fingerprint density at radius 3 is 2.53 bits per heavy atom. The molecule has 1 saturated heterocycles. The van der Waals surface area contributed by atoms with E-state index in [0.29, 0.717) is 19.3 Å². The molecule has 1 rings (SSSR count). The predicted octanol–water partition coefficient (Wildman–Crippen LogP) is -0.425.